The van der Waals surface area contributed by atoms with E-state index in [1.54, 1.807) is 35.3 Å². The van der Waals surface area contributed by atoms with Crippen LogP contribution in [-0.4, -0.2) is 53.1 Å². The van der Waals surface area contributed by atoms with Crippen molar-refractivity contribution in [1.82, 2.24) is 24.7 Å². The van der Waals surface area contributed by atoms with Gasteiger partial charge < -0.3 is 15.2 Å². The number of aliphatic carboxylic acids is 1. The van der Waals surface area contributed by atoms with Crippen LogP contribution in [0.4, 0.5) is 13.2 Å². The monoisotopic (exact) mass is 472 g/mol. The first-order valence-corrected chi connectivity index (χ1v) is 9.44. The van der Waals surface area contributed by atoms with Crippen LogP contribution in [0.15, 0.2) is 55.2 Å². The largest absolute Gasteiger partial charge is 0.490 e. The summed E-state index contributed by atoms with van der Waals surface area (Å²) in [5, 5.41) is 30.9. The first kappa shape index (κ1) is 23.9. The number of fused-ring (bicyclic) bond motifs is 1. The number of nitrogens with one attached hydrogen (secondary N) is 1. The van der Waals surface area contributed by atoms with Crippen molar-refractivity contribution < 1.29 is 33.0 Å². The summed E-state index contributed by atoms with van der Waals surface area (Å²) in [6.45, 7) is 0. The van der Waals surface area contributed by atoms with E-state index >= 15 is 0 Å². The Balaban J connectivity index is 0.000000406. The van der Waals surface area contributed by atoms with Crippen LogP contribution >= 0.6 is 0 Å². The average molecular weight is 472 g/mol. The van der Waals surface area contributed by atoms with Crippen LogP contribution in [0.5, 0.6) is 0 Å². The van der Waals surface area contributed by atoms with Crippen molar-refractivity contribution in [1.29, 1.82) is 5.26 Å². The van der Waals surface area contributed by atoms with Gasteiger partial charge in [0.25, 0.3) is 0 Å². The SMILES string of the molecule is N#CCC(c1cccc(C(=O)O)c1)n1cc(-c2ncnc3[nH]ccc23)cn1.O=C(O)C(F)(F)F. The number of nitriles is 1. The summed E-state index contributed by atoms with van der Waals surface area (Å²) in [5.74, 6) is -3.77. The number of halogens is 3. The number of aromatic nitrogens is 5. The predicted molar refractivity (Wildman–Crippen MR) is 111 cm³/mol. The van der Waals surface area contributed by atoms with Crippen molar-refractivity contribution in [3.05, 3.63) is 66.4 Å². The van der Waals surface area contributed by atoms with E-state index in [9.17, 15) is 28.3 Å². The number of aromatic carboxylic acids is 1. The van der Waals surface area contributed by atoms with E-state index in [0.29, 0.717) is 5.56 Å². The summed E-state index contributed by atoms with van der Waals surface area (Å²) < 4.78 is 33.4. The molecular formula is C21H15F3N6O4. The number of H-pyrrole nitrogens is 1. The molecule has 4 aromatic rings. The summed E-state index contributed by atoms with van der Waals surface area (Å²) in [6, 6.07) is 10.2. The molecule has 0 amide bonds. The van der Waals surface area contributed by atoms with Crippen LogP contribution in [0.1, 0.15) is 28.4 Å². The van der Waals surface area contributed by atoms with Gasteiger partial charge in [-0.25, -0.2) is 19.6 Å². The van der Waals surface area contributed by atoms with E-state index in [4.69, 9.17) is 9.90 Å². The van der Waals surface area contributed by atoms with Crippen molar-refractivity contribution in [3.63, 3.8) is 0 Å². The molecule has 0 saturated carbocycles. The highest BCUT2D eigenvalue weighted by atomic mass is 19.4. The second-order valence-corrected chi connectivity index (χ2v) is 6.78. The lowest BCUT2D eigenvalue weighted by Gasteiger charge is -2.15. The third kappa shape index (κ3) is 5.36. The fraction of sp³-hybridized carbons (Fsp3) is 0.143. The van der Waals surface area contributed by atoms with Crippen molar-refractivity contribution in [2.45, 2.75) is 18.6 Å². The van der Waals surface area contributed by atoms with E-state index in [1.807, 2.05) is 12.3 Å². The quantitative estimate of drug-likeness (QED) is 0.397. The minimum Gasteiger partial charge on any atom is -0.478 e. The Morgan fingerprint density at radius 2 is 1.94 bits per heavy atom. The molecule has 0 saturated heterocycles. The fourth-order valence-electron chi connectivity index (χ4n) is 3.06. The van der Waals surface area contributed by atoms with E-state index in [1.165, 1.54) is 12.4 Å². The second-order valence-electron chi connectivity index (χ2n) is 6.78. The van der Waals surface area contributed by atoms with Gasteiger partial charge in [0.05, 0.1) is 36.0 Å². The Hall–Kier alpha value is -4.73. The van der Waals surface area contributed by atoms with Gasteiger partial charge in [0, 0.05) is 23.3 Å². The van der Waals surface area contributed by atoms with Gasteiger partial charge >= 0.3 is 18.1 Å². The summed E-state index contributed by atoms with van der Waals surface area (Å²) in [4.78, 5) is 31.7. The molecule has 1 unspecified atom stereocenters. The molecule has 0 spiro atoms. The lowest BCUT2D eigenvalue weighted by atomic mass is 10.0. The summed E-state index contributed by atoms with van der Waals surface area (Å²) in [5.41, 5.74) is 3.14. The van der Waals surface area contributed by atoms with E-state index in [0.717, 1.165) is 22.3 Å². The number of nitrogens with zero attached hydrogens (tertiary/aromatic N) is 5. The second kappa shape index (κ2) is 9.82. The lowest BCUT2D eigenvalue weighted by Crippen LogP contribution is -2.21. The number of aromatic amines is 1. The van der Waals surface area contributed by atoms with Crippen LogP contribution in [0.25, 0.3) is 22.3 Å². The molecule has 4 rings (SSSR count). The van der Waals surface area contributed by atoms with E-state index < -0.39 is 24.2 Å². The molecule has 0 bridgehead atoms. The smallest absolute Gasteiger partial charge is 0.478 e. The molecular weight excluding hydrogens is 457 g/mol. The van der Waals surface area contributed by atoms with Crippen LogP contribution in [-0.2, 0) is 4.79 Å². The Morgan fingerprint density at radius 1 is 1.21 bits per heavy atom. The normalized spacial score (nSPS) is 11.8. The van der Waals surface area contributed by atoms with Crippen LogP contribution < -0.4 is 0 Å². The van der Waals surface area contributed by atoms with Crippen LogP contribution in [0.2, 0.25) is 0 Å². The predicted octanol–water partition coefficient (Wildman–Crippen LogP) is 3.66. The summed E-state index contributed by atoms with van der Waals surface area (Å²) >= 11 is 0. The maximum absolute atomic E-state index is 11.3. The summed E-state index contributed by atoms with van der Waals surface area (Å²) in [6.07, 6.45) is 1.84. The van der Waals surface area contributed by atoms with Crippen molar-refractivity contribution >= 4 is 23.0 Å². The van der Waals surface area contributed by atoms with Gasteiger partial charge in [-0.15, -0.1) is 0 Å². The van der Waals surface area contributed by atoms with Gasteiger partial charge in [-0.05, 0) is 23.8 Å². The number of hydrogen-bond acceptors (Lipinski definition) is 6. The molecule has 0 aliphatic rings. The molecule has 1 aromatic carbocycles. The molecule has 13 heteroatoms. The number of rotatable bonds is 5. The highest BCUT2D eigenvalue weighted by Gasteiger charge is 2.38. The molecule has 1 atom stereocenters. The van der Waals surface area contributed by atoms with Gasteiger partial charge in [-0.1, -0.05) is 12.1 Å². The van der Waals surface area contributed by atoms with Gasteiger partial charge in [0.15, 0.2) is 0 Å². The lowest BCUT2D eigenvalue weighted by molar-refractivity contribution is -0.192. The third-order valence-electron chi connectivity index (χ3n) is 4.59. The molecule has 3 N–H and O–H groups in total. The number of benzene rings is 1. The van der Waals surface area contributed by atoms with Crippen LogP contribution in [0, 0.1) is 11.3 Å². The molecule has 3 aromatic heterocycles. The highest BCUT2D eigenvalue weighted by molar-refractivity contribution is 5.90. The van der Waals surface area contributed by atoms with Crippen molar-refractivity contribution in [3.8, 4) is 17.3 Å². The number of alkyl halides is 3. The maximum atomic E-state index is 11.3. The first-order chi connectivity index (χ1) is 16.1. The van der Waals surface area contributed by atoms with Gasteiger partial charge in [0.2, 0.25) is 0 Å². The average Bonchev–Trinajstić information content (AvgIpc) is 3.47. The zero-order chi connectivity index (χ0) is 24.9. The van der Waals surface area contributed by atoms with Gasteiger partial charge in [-0.2, -0.15) is 23.5 Å². The molecule has 0 aliphatic carbocycles. The van der Waals surface area contributed by atoms with Crippen molar-refractivity contribution in [2.24, 2.45) is 0 Å². The van der Waals surface area contributed by atoms with Gasteiger partial charge in [0.1, 0.15) is 12.0 Å². The molecule has 34 heavy (non-hydrogen) atoms. The Morgan fingerprint density at radius 3 is 2.59 bits per heavy atom. The Kier molecular flexibility index (Phi) is 6.91. The molecule has 174 valence electrons. The molecule has 0 aliphatic heterocycles. The van der Waals surface area contributed by atoms with E-state index in [-0.39, 0.29) is 12.0 Å². The topological polar surface area (TPSA) is 158 Å². The minimum atomic E-state index is -5.08. The third-order valence-corrected chi connectivity index (χ3v) is 4.59. The molecule has 10 nitrogen and oxygen atoms in total. The highest BCUT2D eigenvalue weighted by Crippen LogP contribution is 2.28. The molecule has 3 heterocycles. The molecule has 0 radical (unpaired) electrons. The number of carbonyl (C=O) groups is 2. The first-order valence-electron chi connectivity index (χ1n) is 9.44. The summed E-state index contributed by atoms with van der Waals surface area (Å²) in [7, 11) is 0. The van der Waals surface area contributed by atoms with Gasteiger partial charge in [-0.3, -0.25) is 4.68 Å². The fourth-order valence-corrected chi connectivity index (χ4v) is 3.06. The number of hydrogen-bond donors (Lipinski definition) is 3. The maximum Gasteiger partial charge on any atom is 0.490 e. The Labute approximate surface area is 188 Å². The standard InChI is InChI=1S/C19H14N6O2.C2HF3O2/c20-6-4-16(12-2-1-3-13(8-12)19(26)27)25-10-14(9-24-25)17-15-5-7-21-18(15)23-11-22-17;3-2(4,5)1(6)7/h1-3,5,7-11,16H,4H2,(H,26,27)(H,21,22,23);(H,6,7). The number of carboxylic acids is 2. The molecule has 0 fully saturated rings. The van der Waals surface area contributed by atoms with Crippen molar-refractivity contribution in [2.75, 3.05) is 0 Å². The van der Waals surface area contributed by atoms with E-state index in [2.05, 4.69) is 26.1 Å². The minimum absolute atomic E-state index is 0.160. The Bertz CT molecular complexity index is 1370. The van der Waals surface area contributed by atoms with Crippen LogP contribution in [0.3, 0.4) is 0 Å². The zero-order valence-electron chi connectivity index (χ0n) is 17.1. The zero-order valence-corrected chi connectivity index (χ0v) is 17.1. The number of carboxylic acid groups (broad SMARTS) is 2.